The van der Waals surface area contributed by atoms with Gasteiger partial charge >= 0.3 is 0 Å². The van der Waals surface area contributed by atoms with Gasteiger partial charge < -0.3 is 10.2 Å². The van der Waals surface area contributed by atoms with Gasteiger partial charge in [0.05, 0.1) is 11.6 Å². The highest BCUT2D eigenvalue weighted by Crippen LogP contribution is 2.32. The lowest BCUT2D eigenvalue weighted by atomic mass is 10.1. The summed E-state index contributed by atoms with van der Waals surface area (Å²) in [6.45, 7) is 1.84. The summed E-state index contributed by atoms with van der Waals surface area (Å²) in [6.07, 6.45) is 0. The van der Waals surface area contributed by atoms with Crippen molar-refractivity contribution in [1.82, 2.24) is 0 Å². The summed E-state index contributed by atoms with van der Waals surface area (Å²) in [5, 5.41) is 12.1. The molecule has 0 bridgehead atoms. The van der Waals surface area contributed by atoms with Crippen molar-refractivity contribution in [3.8, 4) is 6.07 Å². The van der Waals surface area contributed by atoms with Crippen molar-refractivity contribution < 1.29 is 0 Å². The van der Waals surface area contributed by atoms with Crippen LogP contribution in [0.4, 0.5) is 11.4 Å². The van der Waals surface area contributed by atoms with Crippen LogP contribution in [0.1, 0.15) is 16.7 Å². The van der Waals surface area contributed by atoms with Gasteiger partial charge in [-0.25, -0.2) is 0 Å². The number of benzene rings is 2. The SMILES string of the molecule is CNc1cccc2c1CN(c1ccc(C#N)cc1)C2. The molecule has 0 radical (unpaired) electrons. The van der Waals surface area contributed by atoms with Gasteiger partial charge in [-0.3, -0.25) is 0 Å². The fourth-order valence-corrected chi connectivity index (χ4v) is 2.59. The Bertz CT molecular complexity index is 638. The topological polar surface area (TPSA) is 39.1 Å². The largest absolute Gasteiger partial charge is 0.388 e. The number of fused-ring (bicyclic) bond motifs is 1. The number of anilines is 2. The smallest absolute Gasteiger partial charge is 0.0991 e. The van der Waals surface area contributed by atoms with Gasteiger partial charge in [0.25, 0.3) is 0 Å². The van der Waals surface area contributed by atoms with Crippen molar-refractivity contribution in [3.63, 3.8) is 0 Å². The van der Waals surface area contributed by atoms with E-state index in [-0.39, 0.29) is 0 Å². The van der Waals surface area contributed by atoms with Gasteiger partial charge in [0.1, 0.15) is 0 Å². The van der Waals surface area contributed by atoms with Gasteiger partial charge in [-0.05, 0) is 41.5 Å². The first-order valence-electron chi connectivity index (χ1n) is 6.35. The van der Waals surface area contributed by atoms with Gasteiger partial charge in [0.2, 0.25) is 0 Å². The summed E-state index contributed by atoms with van der Waals surface area (Å²) in [7, 11) is 1.96. The molecular weight excluding hydrogens is 234 g/mol. The quantitative estimate of drug-likeness (QED) is 0.888. The van der Waals surface area contributed by atoms with Gasteiger partial charge in [-0.1, -0.05) is 12.1 Å². The molecule has 3 heteroatoms. The van der Waals surface area contributed by atoms with E-state index in [9.17, 15) is 0 Å². The molecule has 19 heavy (non-hydrogen) atoms. The lowest BCUT2D eigenvalue weighted by Crippen LogP contribution is -2.14. The second-order valence-electron chi connectivity index (χ2n) is 4.71. The Morgan fingerprint density at radius 2 is 1.89 bits per heavy atom. The minimum Gasteiger partial charge on any atom is -0.388 e. The Morgan fingerprint density at radius 3 is 2.58 bits per heavy atom. The predicted molar refractivity (Wildman–Crippen MR) is 77.0 cm³/mol. The van der Waals surface area contributed by atoms with Crippen LogP contribution in [0.25, 0.3) is 0 Å². The predicted octanol–water partition coefficient (Wildman–Crippen LogP) is 3.12. The minimum atomic E-state index is 0.705. The number of nitrogens with zero attached hydrogens (tertiary/aromatic N) is 2. The van der Waals surface area contributed by atoms with Crippen LogP contribution in [0.2, 0.25) is 0 Å². The molecule has 0 unspecified atom stereocenters. The van der Waals surface area contributed by atoms with Crippen molar-refractivity contribution >= 4 is 11.4 Å². The maximum Gasteiger partial charge on any atom is 0.0991 e. The van der Waals surface area contributed by atoms with Crippen LogP contribution in [-0.2, 0) is 13.1 Å². The van der Waals surface area contributed by atoms with Crippen molar-refractivity contribution in [2.45, 2.75) is 13.1 Å². The second-order valence-corrected chi connectivity index (χ2v) is 4.71. The molecule has 1 aliphatic heterocycles. The zero-order chi connectivity index (χ0) is 13.2. The number of nitriles is 1. The van der Waals surface area contributed by atoms with Crippen LogP contribution in [0.5, 0.6) is 0 Å². The first-order chi connectivity index (χ1) is 9.31. The molecular formula is C16H15N3. The van der Waals surface area contributed by atoms with Crippen LogP contribution >= 0.6 is 0 Å². The molecule has 2 aromatic carbocycles. The van der Waals surface area contributed by atoms with E-state index in [4.69, 9.17) is 5.26 Å². The lowest BCUT2D eigenvalue weighted by molar-refractivity contribution is 0.881. The molecule has 3 nitrogen and oxygen atoms in total. The van der Waals surface area contributed by atoms with E-state index in [0.29, 0.717) is 5.56 Å². The number of hydrogen-bond acceptors (Lipinski definition) is 3. The highest BCUT2D eigenvalue weighted by Gasteiger charge is 2.21. The monoisotopic (exact) mass is 249 g/mol. The zero-order valence-corrected chi connectivity index (χ0v) is 10.9. The summed E-state index contributed by atoms with van der Waals surface area (Å²) < 4.78 is 0. The Kier molecular flexibility index (Phi) is 2.85. The van der Waals surface area contributed by atoms with Crippen molar-refractivity contribution in [2.75, 3.05) is 17.3 Å². The van der Waals surface area contributed by atoms with E-state index in [1.807, 2.05) is 31.3 Å². The third-order valence-corrected chi connectivity index (χ3v) is 3.61. The number of rotatable bonds is 2. The molecule has 0 atom stereocenters. The molecule has 1 heterocycles. The molecule has 3 rings (SSSR count). The van der Waals surface area contributed by atoms with Gasteiger partial charge in [-0.2, -0.15) is 5.26 Å². The number of nitrogens with one attached hydrogen (secondary N) is 1. The summed E-state index contributed by atoms with van der Waals surface area (Å²) in [6, 6.07) is 16.3. The molecule has 0 aliphatic carbocycles. The first-order valence-corrected chi connectivity index (χ1v) is 6.35. The standard InChI is InChI=1S/C16H15N3/c1-18-16-4-2-3-13-10-19(11-15(13)16)14-7-5-12(9-17)6-8-14/h2-8,18H,10-11H2,1H3. The molecule has 2 aromatic rings. The molecule has 0 fully saturated rings. The van der Waals surface area contributed by atoms with Crippen molar-refractivity contribution in [3.05, 3.63) is 59.2 Å². The van der Waals surface area contributed by atoms with E-state index in [1.165, 1.54) is 16.8 Å². The fraction of sp³-hybridized carbons (Fsp3) is 0.188. The van der Waals surface area contributed by atoms with Crippen LogP contribution in [0.15, 0.2) is 42.5 Å². The summed E-state index contributed by atoms with van der Waals surface area (Å²) in [4.78, 5) is 2.33. The van der Waals surface area contributed by atoms with Crippen LogP contribution in [0.3, 0.4) is 0 Å². The molecule has 0 amide bonds. The Hall–Kier alpha value is -2.47. The summed E-state index contributed by atoms with van der Waals surface area (Å²) in [5.74, 6) is 0. The first kappa shape index (κ1) is 11.6. The maximum atomic E-state index is 8.83. The van der Waals surface area contributed by atoms with Gasteiger partial charge in [-0.15, -0.1) is 0 Å². The van der Waals surface area contributed by atoms with E-state index in [1.54, 1.807) is 0 Å². The third-order valence-electron chi connectivity index (χ3n) is 3.61. The molecule has 94 valence electrons. The highest BCUT2D eigenvalue weighted by atomic mass is 15.1. The average Bonchev–Trinajstić information content (AvgIpc) is 2.91. The minimum absolute atomic E-state index is 0.705. The average molecular weight is 249 g/mol. The van der Waals surface area contributed by atoms with Crippen LogP contribution < -0.4 is 10.2 Å². The van der Waals surface area contributed by atoms with E-state index < -0.39 is 0 Å². The second kappa shape index (κ2) is 4.66. The van der Waals surface area contributed by atoms with Gasteiger partial charge in [0, 0.05) is 31.5 Å². The normalized spacial score (nSPS) is 12.9. The number of hydrogen-bond donors (Lipinski definition) is 1. The van der Waals surface area contributed by atoms with E-state index in [0.717, 1.165) is 18.8 Å². The Labute approximate surface area is 113 Å². The Morgan fingerprint density at radius 1 is 1.11 bits per heavy atom. The molecule has 0 aromatic heterocycles. The van der Waals surface area contributed by atoms with Gasteiger partial charge in [0.15, 0.2) is 0 Å². The fourth-order valence-electron chi connectivity index (χ4n) is 2.59. The summed E-state index contributed by atoms with van der Waals surface area (Å²) >= 11 is 0. The lowest BCUT2D eigenvalue weighted by Gasteiger charge is -2.17. The molecule has 0 saturated carbocycles. The molecule has 1 aliphatic rings. The zero-order valence-electron chi connectivity index (χ0n) is 10.9. The third kappa shape index (κ3) is 2.02. The molecule has 0 saturated heterocycles. The Balaban J connectivity index is 1.89. The highest BCUT2D eigenvalue weighted by molar-refractivity contribution is 5.61. The molecule has 0 spiro atoms. The van der Waals surface area contributed by atoms with Crippen molar-refractivity contribution in [1.29, 1.82) is 5.26 Å². The van der Waals surface area contributed by atoms with Crippen molar-refractivity contribution in [2.24, 2.45) is 0 Å². The summed E-state index contributed by atoms with van der Waals surface area (Å²) in [5.41, 5.74) is 5.81. The van der Waals surface area contributed by atoms with Crippen LogP contribution in [-0.4, -0.2) is 7.05 Å². The van der Waals surface area contributed by atoms with Crippen LogP contribution in [0, 0.1) is 11.3 Å². The van der Waals surface area contributed by atoms with E-state index in [2.05, 4.69) is 34.5 Å². The maximum absolute atomic E-state index is 8.83. The molecule has 1 N–H and O–H groups in total. The van der Waals surface area contributed by atoms with E-state index >= 15 is 0 Å².